The van der Waals surface area contributed by atoms with Crippen LogP contribution in [0.25, 0.3) is 11.0 Å². The molecule has 6 heteroatoms. The SMILES string of the molecule is CCCc1cc(=O)oc2cc(OC(=O)c3ccc(NC(=O)C4CC4)cc3)ccc12. The monoisotopic (exact) mass is 391 g/mol. The molecule has 29 heavy (non-hydrogen) atoms. The van der Waals surface area contributed by atoms with Gasteiger partial charge in [-0.15, -0.1) is 0 Å². The largest absolute Gasteiger partial charge is 0.423 e. The van der Waals surface area contributed by atoms with E-state index in [9.17, 15) is 14.4 Å². The van der Waals surface area contributed by atoms with Crippen molar-refractivity contribution in [1.82, 2.24) is 0 Å². The Morgan fingerprint density at radius 1 is 1.10 bits per heavy atom. The molecule has 0 radical (unpaired) electrons. The van der Waals surface area contributed by atoms with Crippen LogP contribution in [0, 0.1) is 5.92 Å². The smallest absolute Gasteiger partial charge is 0.343 e. The van der Waals surface area contributed by atoms with Crippen molar-refractivity contribution >= 4 is 28.5 Å². The fourth-order valence-electron chi connectivity index (χ4n) is 3.20. The van der Waals surface area contributed by atoms with E-state index in [-0.39, 0.29) is 11.8 Å². The second-order valence-corrected chi connectivity index (χ2v) is 7.23. The van der Waals surface area contributed by atoms with Gasteiger partial charge in [-0.25, -0.2) is 9.59 Å². The first-order chi connectivity index (χ1) is 14.0. The van der Waals surface area contributed by atoms with Gasteiger partial charge in [0.2, 0.25) is 5.91 Å². The number of aryl methyl sites for hydroxylation is 1. The molecule has 0 spiro atoms. The topological polar surface area (TPSA) is 85.6 Å². The normalized spacial score (nSPS) is 13.3. The molecule has 0 saturated heterocycles. The van der Waals surface area contributed by atoms with Gasteiger partial charge in [0, 0.05) is 29.1 Å². The standard InChI is InChI=1S/C23H21NO5/c1-2-3-16-12-21(25)29-20-13-18(10-11-19(16)20)28-23(27)15-6-8-17(9-7-15)24-22(26)14-4-5-14/h6-14H,2-5H2,1H3,(H,24,26). The van der Waals surface area contributed by atoms with Crippen LogP contribution in [-0.4, -0.2) is 11.9 Å². The Hall–Kier alpha value is -3.41. The molecule has 148 valence electrons. The molecule has 0 unspecified atom stereocenters. The zero-order chi connectivity index (χ0) is 20.4. The number of hydrogen-bond donors (Lipinski definition) is 1. The van der Waals surface area contributed by atoms with Crippen LogP contribution in [0.3, 0.4) is 0 Å². The molecule has 3 aromatic rings. The molecule has 1 amide bonds. The fourth-order valence-corrected chi connectivity index (χ4v) is 3.20. The molecule has 1 aliphatic carbocycles. The molecule has 0 bridgehead atoms. The Balaban J connectivity index is 1.49. The summed E-state index contributed by atoms with van der Waals surface area (Å²) in [6.45, 7) is 2.04. The molecule has 1 N–H and O–H groups in total. The van der Waals surface area contributed by atoms with Crippen LogP contribution in [0.2, 0.25) is 0 Å². The second-order valence-electron chi connectivity index (χ2n) is 7.23. The number of fused-ring (bicyclic) bond motifs is 1. The lowest BCUT2D eigenvalue weighted by Crippen LogP contribution is -2.13. The van der Waals surface area contributed by atoms with Crippen LogP contribution in [0.15, 0.2) is 57.7 Å². The van der Waals surface area contributed by atoms with Gasteiger partial charge in [-0.2, -0.15) is 0 Å². The molecule has 1 heterocycles. The van der Waals surface area contributed by atoms with Crippen molar-refractivity contribution in [1.29, 1.82) is 0 Å². The van der Waals surface area contributed by atoms with Gasteiger partial charge < -0.3 is 14.5 Å². The summed E-state index contributed by atoms with van der Waals surface area (Å²) in [5.74, 6) is -0.104. The maximum Gasteiger partial charge on any atom is 0.343 e. The van der Waals surface area contributed by atoms with Crippen LogP contribution in [0.4, 0.5) is 5.69 Å². The van der Waals surface area contributed by atoms with Gasteiger partial charge in [-0.1, -0.05) is 13.3 Å². The zero-order valence-electron chi connectivity index (χ0n) is 16.1. The van der Waals surface area contributed by atoms with E-state index >= 15 is 0 Å². The molecule has 6 nitrogen and oxygen atoms in total. The predicted molar refractivity (Wildman–Crippen MR) is 109 cm³/mol. The van der Waals surface area contributed by atoms with Crippen molar-refractivity contribution in [2.45, 2.75) is 32.6 Å². The molecule has 4 rings (SSSR count). The molecular weight excluding hydrogens is 370 g/mol. The maximum absolute atomic E-state index is 12.4. The van der Waals surface area contributed by atoms with E-state index in [2.05, 4.69) is 5.32 Å². The van der Waals surface area contributed by atoms with Crippen LogP contribution < -0.4 is 15.7 Å². The number of ether oxygens (including phenoxy) is 1. The van der Waals surface area contributed by atoms with Crippen molar-refractivity contribution in [2.24, 2.45) is 5.92 Å². The molecule has 1 saturated carbocycles. The van der Waals surface area contributed by atoms with E-state index in [1.165, 1.54) is 6.07 Å². The Labute approximate surface area is 167 Å². The highest BCUT2D eigenvalue weighted by molar-refractivity contribution is 5.95. The minimum atomic E-state index is -0.531. The first-order valence-electron chi connectivity index (χ1n) is 9.73. The van der Waals surface area contributed by atoms with Gasteiger partial charge in [-0.05, 0) is 61.2 Å². The van der Waals surface area contributed by atoms with E-state index in [0.717, 1.165) is 36.6 Å². The van der Waals surface area contributed by atoms with Crippen LogP contribution in [0.5, 0.6) is 5.75 Å². The summed E-state index contributed by atoms with van der Waals surface area (Å²) in [4.78, 5) is 36.0. The van der Waals surface area contributed by atoms with Crippen molar-refractivity contribution < 1.29 is 18.7 Å². The summed E-state index contributed by atoms with van der Waals surface area (Å²) in [6.07, 6.45) is 3.54. The zero-order valence-corrected chi connectivity index (χ0v) is 16.1. The Kier molecular flexibility index (Phi) is 5.16. The number of benzene rings is 2. The molecular formula is C23H21NO5. The second kappa shape index (κ2) is 7.91. The van der Waals surface area contributed by atoms with Gasteiger partial charge in [0.1, 0.15) is 11.3 Å². The van der Waals surface area contributed by atoms with E-state index in [4.69, 9.17) is 9.15 Å². The summed E-state index contributed by atoms with van der Waals surface area (Å²) >= 11 is 0. The van der Waals surface area contributed by atoms with E-state index in [1.807, 2.05) is 6.92 Å². The quantitative estimate of drug-likeness (QED) is 0.384. The average Bonchev–Trinajstić information content (AvgIpc) is 3.54. The maximum atomic E-state index is 12.4. The minimum absolute atomic E-state index is 0.0143. The number of esters is 1. The predicted octanol–water partition coefficient (Wildman–Crippen LogP) is 4.31. The molecule has 0 aliphatic heterocycles. The fraction of sp³-hybridized carbons (Fsp3) is 0.261. The van der Waals surface area contributed by atoms with Gasteiger partial charge in [0.25, 0.3) is 0 Å². The molecule has 1 fully saturated rings. The van der Waals surface area contributed by atoms with Crippen LogP contribution in [0.1, 0.15) is 42.1 Å². The summed E-state index contributed by atoms with van der Waals surface area (Å²) in [5, 5.41) is 3.66. The van der Waals surface area contributed by atoms with E-state index in [1.54, 1.807) is 42.5 Å². The lowest BCUT2D eigenvalue weighted by Gasteiger charge is -2.08. The van der Waals surface area contributed by atoms with Gasteiger partial charge in [0.05, 0.1) is 5.56 Å². The average molecular weight is 391 g/mol. The Morgan fingerprint density at radius 3 is 2.55 bits per heavy atom. The van der Waals surface area contributed by atoms with Gasteiger partial charge >= 0.3 is 11.6 Å². The molecule has 1 aromatic heterocycles. The highest BCUT2D eigenvalue weighted by atomic mass is 16.5. The number of rotatable bonds is 6. The number of amides is 1. The Morgan fingerprint density at radius 2 is 1.86 bits per heavy atom. The van der Waals surface area contributed by atoms with Crippen molar-refractivity contribution in [3.05, 3.63) is 70.1 Å². The molecule has 1 aliphatic rings. The highest BCUT2D eigenvalue weighted by Gasteiger charge is 2.29. The first kappa shape index (κ1) is 18.9. The number of nitrogens with one attached hydrogen (secondary N) is 1. The highest BCUT2D eigenvalue weighted by Crippen LogP contribution is 2.30. The number of hydrogen-bond acceptors (Lipinski definition) is 5. The minimum Gasteiger partial charge on any atom is -0.423 e. The Bertz CT molecular complexity index is 1130. The number of carbonyl (C=O) groups excluding carboxylic acids is 2. The van der Waals surface area contributed by atoms with Crippen LogP contribution in [-0.2, 0) is 11.2 Å². The third kappa shape index (κ3) is 4.37. The van der Waals surface area contributed by atoms with Crippen molar-refractivity contribution in [2.75, 3.05) is 5.32 Å². The first-order valence-corrected chi connectivity index (χ1v) is 9.73. The van der Waals surface area contributed by atoms with Gasteiger partial charge in [0.15, 0.2) is 0 Å². The summed E-state index contributed by atoms with van der Waals surface area (Å²) < 4.78 is 10.7. The van der Waals surface area contributed by atoms with E-state index in [0.29, 0.717) is 22.6 Å². The number of anilines is 1. The summed E-state index contributed by atoms with van der Waals surface area (Å²) in [5.41, 5.74) is 1.89. The van der Waals surface area contributed by atoms with E-state index < -0.39 is 11.6 Å². The summed E-state index contributed by atoms with van der Waals surface area (Å²) in [7, 11) is 0. The molecule has 2 aromatic carbocycles. The summed E-state index contributed by atoms with van der Waals surface area (Å²) in [6, 6.07) is 13.1. The molecule has 0 atom stereocenters. The van der Waals surface area contributed by atoms with Crippen molar-refractivity contribution in [3.8, 4) is 5.75 Å². The van der Waals surface area contributed by atoms with Crippen molar-refractivity contribution in [3.63, 3.8) is 0 Å². The third-order valence-corrected chi connectivity index (χ3v) is 4.87. The van der Waals surface area contributed by atoms with Crippen LogP contribution >= 0.6 is 0 Å². The van der Waals surface area contributed by atoms with Gasteiger partial charge in [-0.3, -0.25) is 4.79 Å². The lowest BCUT2D eigenvalue weighted by atomic mass is 10.1. The number of carbonyl (C=O) groups is 2. The third-order valence-electron chi connectivity index (χ3n) is 4.87. The lowest BCUT2D eigenvalue weighted by molar-refractivity contribution is -0.117.